The van der Waals surface area contributed by atoms with E-state index < -0.39 is 27.8 Å². The van der Waals surface area contributed by atoms with E-state index in [1.165, 1.54) is 31.3 Å². The van der Waals surface area contributed by atoms with Crippen molar-refractivity contribution < 1.29 is 18.4 Å². The highest BCUT2D eigenvalue weighted by atomic mass is 35.5. The standard InChI is InChI=1S/C20H17ClF2N4O2S/c1-9(28)20-7-15(20)19(2,27-18(24)30-20)12-5-11(6-13(22)16(12)23)26-17(29)14-4-3-10(21)8-25-14/h3-6,8,15H,7H2,1-2H3,(H2,24,27)(H,26,29)/t15-,19-,20+/m0/s1. The van der Waals surface area contributed by atoms with Crippen LogP contribution in [0.5, 0.6) is 0 Å². The highest BCUT2D eigenvalue weighted by molar-refractivity contribution is 8.15. The molecule has 10 heteroatoms. The molecule has 1 aromatic heterocycles. The van der Waals surface area contributed by atoms with Gasteiger partial charge in [0.15, 0.2) is 16.8 Å². The van der Waals surface area contributed by atoms with Gasteiger partial charge >= 0.3 is 0 Å². The molecule has 2 aromatic rings. The largest absolute Gasteiger partial charge is 0.378 e. The molecule has 3 N–H and O–H groups in total. The smallest absolute Gasteiger partial charge is 0.274 e. The minimum Gasteiger partial charge on any atom is -0.378 e. The molecule has 0 saturated heterocycles. The molecule has 1 aliphatic carbocycles. The van der Waals surface area contributed by atoms with Gasteiger partial charge in [-0.2, -0.15) is 0 Å². The number of hydrogen-bond donors (Lipinski definition) is 2. The first-order chi connectivity index (χ1) is 14.1. The van der Waals surface area contributed by atoms with E-state index >= 15 is 0 Å². The first-order valence-electron chi connectivity index (χ1n) is 9.04. The number of aromatic nitrogens is 1. The molecule has 1 saturated carbocycles. The van der Waals surface area contributed by atoms with Gasteiger partial charge in [0.05, 0.1) is 15.3 Å². The third kappa shape index (κ3) is 3.26. The number of carbonyl (C=O) groups excluding carboxylic acids is 2. The number of carbonyl (C=O) groups is 2. The molecule has 0 bridgehead atoms. The van der Waals surface area contributed by atoms with Gasteiger partial charge in [-0.15, -0.1) is 0 Å². The van der Waals surface area contributed by atoms with Crippen LogP contribution in [0.25, 0.3) is 0 Å². The maximum atomic E-state index is 14.8. The Hall–Kier alpha value is -2.52. The van der Waals surface area contributed by atoms with Crippen LogP contribution in [0.4, 0.5) is 14.5 Å². The number of amidine groups is 1. The summed E-state index contributed by atoms with van der Waals surface area (Å²) >= 11 is 6.93. The molecule has 0 spiro atoms. The zero-order valence-electron chi connectivity index (χ0n) is 16.0. The lowest BCUT2D eigenvalue weighted by atomic mass is 9.85. The number of thioether (sulfide) groups is 1. The van der Waals surface area contributed by atoms with Crippen LogP contribution in [0, 0.1) is 17.6 Å². The highest BCUT2D eigenvalue weighted by Gasteiger charge is 2.69. The van der Waals surface area contributed by atoms with E-state index in [1.807, 2.05) is 0 Å². The Morgan fingerprint density at radius 1 is 1.33 bits per heavy atom. The van der Waals surface area contributed by atoms with Gasteiger partial charge in [-0.05, 0) is 38.5 Å². The number of benzene rings is 1. The number of hydrogen-bond acceptors (Lipinski definition) is 6. The monoisotopic (exact) mass is 450 g/mol. The van der Waals surface area contributed by atoms with E-state index in [0.29, 0.717) is 11.4 Å². The van der Waals surface area contributed by atoms with Crippen molar-refractivity contribution in [2.24, 2.45) is 16.6 Å². The topological polar surface area (TPSA) is 97.4 Å². The molecule has 0 radical (unpaired) electrons. The fourth-order valence-corrected chi connectivity index (χ4v) is 5.46. The van der Waals surface area contributed by atoms with Crippen LogP contribution in [0.2, 0.25) is 5.02 Å². The lowest BCUT2D eigenvalue weighted by molar-refractivity contribution is -0.117. The first-order valence-corrected chi connectivity index (χ1v) is 10.2. The molecule has 30 heavy (non-hydrogen) atoms. The minimum absolute atomic E-state index is 0.0351. The van der Waals surface area contributed by atoms with Gasteiger partial charge in [-0.3, -0.25) is 14.6 Å². The molecule has 2 aliphatic rings. The summed E-state index contributed by atoms with van der Waals surface area (Å²) in [6, 6.07) is 5.11. The number of nitrogens with one attached hydrogen (secondary N) is 1. The number of pyridine rings is 1. The van der Waals surface area contributed by atoms with E-state index in [4.69, 9.17) is 17.3 Å². The zero-order valence-corrected chi connectivity index (χ0v) is 17.6. The second-order valence-corrected chi connectivity index (χ2v) is 9.32. The Labute approximate surface area is 180 Å². The number of rotatable bonds is 4. The molecule has 1 aromatic carbocycles. The predicted molar refractivity (Wildman–Crippen MR) is 112 cm³/mol. The van der Waals surface area contributed by atoms with Crippen molar-refractivity contribution in [1.29, 1.82) is 0 Å². The summed E-state index contributed by atoms with van der Waals surface area (Å²) in [6.07, 6.45) is 1.76. The van der Waals surface area contributed by atoms with Gasteiger partial charge in [-0.25, -0.2) is 13.8 Å². The van der Waals surface area contributed by atoms with Crippen LogP contribution in [-0.2, 0) is 10.3 Å². The number of nitrogens with two attached hydrogens (primary N) is 1. The first kappa shape index (κ1) is 20.7. The number of nitrogens with zero attached hydrogens (tertiary/aromatic N) is 2. The van der Waals surface area contributed by atoms with E-state index in [-0.39, 0.29) is 33.8 Å². The van der Waals surface area contributed by atoms with Crippen LogP contribution in [-0.4, -0.2) is 26.6 Å². The van der Waals surface area contributed by atoms with Crippen molar-refractivity contribution in [3.63, 3.8) is 0 Å². The Kier molecular flexibility index (Phi) is 4.85. The number of Topliss-reactive ketones (excluding diaryl/α,β-unsaturated/α-hetero) is 1. The lowest BCUT2D eigenvalue weighted by Gasteiger charge is -2.33. The number of halogens is 3. The van der Waals surface area contributed by atoms with Crippen LogP contribution in [0.15, 0.2) is 35.5 Å². The number of fused-ring (bicyclic) bond motifs is 1. The summed E-state index contributed by atoms with van der Waals surface area (Å²) in [5.41, 5.74) is 4.72. The van der Waals surface area contributed by atoms with E-state index in [0.717, 1.165) is 17.8 Å². The average molecular weight is 451 g/mol. The maximum Gasteiger partial charge on any atom is 0.274 e. The summed E-state index contributed by atoms with van der Waals surface area (Å²) in [4.78, 5) is 32.9. The molecule has 1 fully saturated rings. The van der Waals surface area contributed by atoms with E-state index in [9.17, 15) is 18.4 Å². The normalized spacial score (nSPS) is 27.1. The van der Waals surface area contributed by atoms with Gasteiger partial charge in [-0.1, -0.05) is 23.4 Å². The fraction of sp³-hybridized carbons (Fsp3) is 0.300. The Bertz CT molecular complexity index is 1110. The van der Waals surface area contributed by atoms with Gasteiger partial charge in [0.1, 0.15) is 11.5 Å². The molecule has 6 nitrogen and oxygen atoms in total. The van der Waals surface area contributed by atoms with Gasteiger partial charge in [0.2, 0.25) is 0 Å². The SMILES string of the molecule is CC(=O)[C@]12C[C@H]1[C@](C)(c1cc(NC(=O)c3ccc(Cl)cn3)cc(F)c1F)N=C(N)S2. The van der Waals surface area contributed by atoms with Gasteiger partial charge in [0.25, 0.3) is 5.91 Å². The van der Waals surface area contributed by atoms with Crippen molar-refractivity contribution in [2.45, 2.75) is 30.6 Å². The van der Waals surface area contributed by atoms with Crippen LogP contribution in [0.3, 0.4) is 0 Å². The molecular formula is C20H17ClF2N4O2S. The fourth-order valence-electron chi connectivity index (χ4n) is 3.97. The van der Waals surface area contributed by atoms with Crippen LogP contribution in [0.1, 0.15) is 36.3 Å². The molecular weight excluding hydrogens is 434 g/mol. The van der Waals surface area contributed by atoms with Gasteiger partial charge in [0, 0.05) is 29.4 Å². The van der Waals surface area contributed by atoms with E-state index in [1.54, 1.807) is 6.92 Å². The number of anilines is 1. The van der Waals surface area contributed by atoms with Crippen molar-refractivity contribution in [3.05, 3.63) is 58.4 Å². The number of aliphatic imine (C=N–C) groups is 1. The Balaban J connectivity index is 1.72. The molecule has 3 atom stereocenters. The Morgan fingerprint density at radius 3 is 2.70 bits per heavy atom. The summed E-state index contributed by atoms with van der Waals surface area (Å²) in [7, 11) is 0. The minimum atomic E-state index is -1.24. The van der Waals surface area contributed by atoms with Crippen molar-refractivity contribution in [3.8, 4) is 0 Å². The molecule has 1 amide bonds. The highest BCUT2D eigenvalue weighted by Crippen LogP contribution is 2.66. The summed E-state index contributed by atoms with van der Waals surface area (Å²) in [5, 5.41) is 3.01. The number of ketones is 1. The second kappa shape index (κ2) is 7.02. The molecule has 0 unspecified atom stereocenters. The zero-order chi connectivity index (χ0) is 21.8. The van der Waals surface area contributed by atoms with E-state index in [2.05, 4.69) is 15.3 Å². The van der Waals surface area contributed by atoms with Crippen LogP contribution < -0.4 is 11.1 Å². The molecule has 156 valence electrons. The third-order valence-electron chi connectivity index (χ3n) is 5.61. The molecule has 4 rings (SSSR count). The lowest BCUT2D eigenvalue weighted by Crippen LogP contribution is -2.39. The van der Waals surface area contributed by atoms with Gasteiger partial charge < -0.3 is 11.1 Å². The molecule has 1 aliphatic heterocycles. The molecule has 2 heterocycles. The summed E-state index contributed by atoms with van der Waals surface area (Å²) in [6.45, 7) is 3.08. The summed E-state index contributed by atoms with van der Waals surface area (Å²) < 4.78 is 28.5. The number of amides is 1. The third-order valence-corrected chi connectivity index (χ3v) is 7.23. The van der Waals surface area contributed by atoms with Crippen LogP contribution >= 0.6 is 23.4 Å². The average Bonchev–Trinajstić information content (AvgIpc) is 3.42. The second-order valence-electron chi connectivity index (χ2n) is 7.54. The predicted octanol–water partition coefficient (Wildman–Crippen LogP) is 3.89. The maximum absolute atomic E-state index is 14.8. The van der Waals surface area contributed by atoms with Crippen molar-refractivity contribution >= 4 is 45.9 Å². The van der Waals surface area contributed by atoms with Crippen molar-refractivity contribution in [2.75, 3.05) is 5.32 Å². The Morgan fingerprint density at radius 2 is 2.07 bits per heavy atom. The summed E-state index contributed by atoms with van der Waals surface area (Å²) in [5.74, 6) is -3.26. The van der Waals surface area contributed by atoms with Crippen molar-refractivity contribution in [1.82, 2.24) is 4.98 Å². The quantitative estimate of drug-likeness (QED) is 0.736.